The fourth-order valence-corrected chi connectivity index (χ4v) is 1.96. The minimum absolute atomic E-state index is 0. The molecule has 1 aliphatic heterocycles. The molecule has 0 saturated carbocycles. The first-order valence-corrected chi connectivity index (χ1v) is 5.55. The Morgan fingerprint density at radius 1 is 1.31 bits per heavy atom. The van der Waals surface area contributed by atoms with Crippen molar-refractivity contribution >= 4 is 18.2 Å². The highest BCUT2D eigenvalue weighted by molar-refractivity contribution is 5.85. The quantitative estimate of drug-likeness (QED) is 0.852. The molecule has 2 heterocycles. The van der Waals surface area contributed by atoms with Gasteiger partial charge in [0.1, 0.15) is 0 Å². The standard InChI is InChI=1S/C11H18N4.ClH/c1-9-2-3-11(14-13-9)15-6-4-10(8-12)5-7-15;/h2-3,10H,4-8,12H2,1H3;1H. The van der Waals surface area contributed by atoms with Crippen molar-refractivity contribution in [3.05, 3.63) is 17.8 Å². The summed E-state index contributed by atoms with van der Waals surface area (Å²) in [5, 5.41) is 8.27. The summed E-state index contributed by atoms with van der Waals surface area (Å²) >= 11 is 0. The second-order valence-electron chi connectivity index (χ2n) is 4.20. The molecular weight excluding hydrogens is 224 g/mol. The summed E-state index contributed by atoms with van der Waals surface area (Å²) in [5.74, 6) is 1.69. The number of aryl methyl sites for hydroxylation is 1. The van der Waals surface area contributed by atoms with Crippen molar-refractivity contribution in [3.63, 3.8) is 0 Å². The van der Waals surface area contributed by atoms with E-state index >= 15 is 0 Å². The summed E-state index contributed by atoms with van der Waals surface area (Å²) < 4.78 is 0. The fourth-order valence-electron chi connectivity index (χ4n) is 1.96. The zero-order valence-corrected chi connectivity index (χ0v) is 10.4. The Kier molecular flexibility index (Phi) is 4.96. The lowest BCUT2D eigenvalue weighted by Crippen LogP contribution is -2.36. The Balaban J connectivity index is 0.00000128. The van der Waals surface area contributed by atoms with Crippen molar-refractivity contribution in [2.75, 3.05) is 24.5 Å². The molecule has 2 N–H and O–H groups in total. The Morgan fingerprint density at radius 3 is 2.50 bits per heavy atom. The van der Waals surface area contributed by atoms with Crippen LogP contribution < -0.4 is 10.6 Å². The molecule has 90 valence electrons. The zero-order chi connectivity index (χ0) is 10.7. The predicted octanol–water partition coefficient (Wildman–Crippen LogP) is 1.38. The van der Waals surface area contributed by atoms with Gasteiger partial charge in [0.15, 0.2) is 5.82 Å². The van der Waals surface area contributed by atoms with Crippen LogP contribution in [0.2, 0.25) is 0 Å². The molecule has 0 unspecified atom stereocenters. The molecule has 1 aromatic heterocycles. The van der Waals surface area contributed by atoms with E-state index in [1.165, 1.54) is 12.8 Å². The summed E-state index contributed by atoms with van der Waals surface area (Å²) in [6.45, 7) is 4.88. The highest BCUT2D eigenvalue weighted by Crippen LogP contribution is 2.20. The van der Waals surface area contributed by atoms with Crippen LogP contribution in [-0.2, 0) is 0 Å². The lowest BCUT2D eigenvalue weighted by molar-refractivity contribution is 0.412. The molecule has 5 heteroatoms. The third kappa shape index (κ3) is 3.06. The van der Waals surface area contributed by atoms with Gasteiger partial charge in [0.2, 0.25) is 0 Å². The average Bonchev–Trinajstić information content (AvgIpc) is 2.30. The van der Waals surface area contributed by atoms with E-state index in [9.17, 15) is 0 Å². The van der Waals surface area contributed by atoms with Gasteiger partial charge in [-0.1, -0.05) is 0 Å². The number of nitrogens with zero attached hydrogens (tertiary/aromatic N) is 3. The SMILES string of the molecule is Cc1ccc(N2CCC(CN)CC2)nn1.Cl. The summed E-state index contributed by atoms with van der Waals surface area (Å²) in [6, 6.07) is 4.06. The lowest BCUT2D eigenvalue weighted by atomic mass is 9.97. The molecule has 1 aromatic rings. The first-order chi connectivity index (χ1) is 7.29. The number of halogens is 1. The van der Waals surface area contributed by atoms with Crippen molar-refractivity contribution in [2.45, 2.75) is 19.8 Å². The van der Waals surface area contributed by atoms with Crippen molar-refractivity contribution in [2.24, 2.45) is 11.7 Å². The van der Waals surface area contributed by atoms with E-state index < -0.39 is 0 Å². The molecule has 2 rings (SSSR count). The van der Waals surface area contributed by atoms with Gasteiger partial charge in [-0.15, -0.1) is 17.5 Å². The van der Waals surface area contributed by atoms with Gasteiger partial charge >= 0.3 is 0 Å². The molecule has 0 spiro atoms. The van der Waals surface area contributed by atoms with Crippen molar-refractivity contribution < 1.29 is 0 Å². The molecule has 4 nitrogen and oxygen atoms in total. The Bertz CT molecular complexity index is 306. The van der Waals surface area contributed by atoms with Gasteiger partial charge in [-0.05, 0) is 44.4 Å². The summed E-state index contributed by atoms with van der Waals surface area (Å²) in [4.78, 5) is 2.29. The van der Waals surface area contributed by atoms with E-state index in [0.29, 0.717) is 5.92 Å². The summed E-state index contributed by atoms with van der Waals surface area (Å²) in [7, 11) is 0. The third-order valence-electron chi connectivity index (χ3n) is 3.06. The van der Waals surface area contributed by atoms with Gasteiger partial charge in [0.05, 0.1) is 5.69 Å². The Morgan fingerprint density at radius 2 is 2.00 bits per heavy atom. The topological polar surface area (TPSA) is 55.0 Å². The number of piperidine rings is 1. The molecule has 0 aliphatic carbocycles. The van der Waals surface area contributed by atoms with E-state index in [4.69, 9.17) is 5.73 Å². The van der Waals surface area contributed by atoms with Crippen LogP contribution in [0.25, 0.3) is 0 Å². The number of hydrogen-bond acceptors (Lipinski definition) is 4. The van der Waals surface area contributed by atoms with E-state index in [1.807, 2.05) is 19.1 Å². The van der Waals surface area contributed by atoms with Gasteiger partial charge in [-0.3, -0.25) is 0 Å². The van der Waals surface area contributed by atoms with Crippen LogP contribution in [0.15, 0.2) is 12.1 Å². The minimum Gasteiger partial charge on any atom is -0.355 e. The lowest BCUT2D eigenvalue weighted by Gasteiger charge is -2.31. The molecular formula is C11H19ClN4. The maximum absolute atomic E-state index is 5.66. The normalized spacial score (nSPS) is 17.0. The van der Waals surface area contributed by atoms with Gasteiger partial charge in [-0.25, -0.2) is 0 Å². The van der Waals surface area contributed by atoms with Crippen molar-refractivity contribution in [1.82, 2.24) is 10.2 Å². The molecule has 0 atom stereocenters. The monoisotopic (exact) mass is 242 g/mol. The average molecular weight is 243 g/mol. The minimum atomic E-state index is 0. The third-order valence-corrected chi connectivity index (χ3v) is 3.06. The maximum Gasteiger partial charge on any atom is 0.151 e. The van der Waals surface area contributed by atoms with Gasteiger partial charge in [0, 0.05) is 13.1 Å². The Hall–Kier alpha value is -0.870. The fraction of sp³-hybridized carbons (Fsp3) is 0.636. The van der Waals surface area contributed by atoms with Crippen molar-refractivity contribution in [1.29, 1.82) is 0 Å². The molecule has 0 aromatic carbocycles. The number of aromatic nitrogens is 2. The highest BCUT2D eigenvalue weighted by Gasteiger charge is 2.18. The van der Waals surface area contributed by atoms with E-state index in [1.54, 1.807) is 0 Å². The number of anilines is 1. The number of rotatable bonds is 2. The molecule has 1 saturated heterocycles. The second kappa shape index (κ2) is 6.01. The van der Waals surface area contributed by atoms with E-state index in [2.05, 4.69) is 15.1 Å². The van der Waals surface area contributed by atoms with Crippen LogP contribution in [0.3, 0.4) is 0 Å². The van der Waals surface area contributed by atoms with E-state index in [-0.39, 0.29) is 12.4 Å². The molecule has 0 amide bonds. The molecule has 1 aliphatic rings. The number of nitrogens with two attached hydrogens (primary N) is 1. The van der Waals surface area contributed by atoms with Crippen LogP contribution in [-0.4, -0.2) is 29.8 Å². The van der Waals surface area contributed by atoms with Crippen LogP contribution in [0.5, 0.6) is 0 Å². The van der Waals surface area contributed by atoms with Crippen LogP contribution in [0.4, 0.5) is 5.82 Å². The Labute approximate surface area is 103 Å². The largest absolute Gasteiger partial charge is 0.355 e. The van der Waals surface area contributed by atoms with Gasteiger partial charge in [-0.2, -0.15) is 5.10 Å². The van der Waals surface area contributed by atoms with E-state index in [0.717, 1.165) is 31.1 Å². The first-order valence-electron chi connectivity index (χ1n) is 5.55. The first kappa shape index (κ1) is 13.2. The second-order valence-corrected chi connectivity index (χ2v) is 4.20. The predicted molar refractivity (Wildman–Crippen MR) is 68.0 cm³/mol. The molecule has 0 bridgehead atoms. The summed E-state index contributed by atoms with van der Waals surface area (Å²) in [6.07, 6.45) is 2.35. The molecule has 16 heavy (non-hydrogen) atoms. The van der Waals surface area contributed by atoms with Gasteiger partial charge in [0.25, 0.3) is 0 Å². The molecule has 1 fully saturated rings. The van der Waals surface area contributed by atoms with Crippen molar-refractivity contribution in [3.8, 4) is 0 Å². The molecule has 0 radical (unpaired) electrons. The van der Waals surface area contributed by atoms with Crippen LogP contribution in [0.1, 0.15) is 18.5 Å². The highest BCUT2D eigenvalue weighted by atomic mass is 35.5. The zero-order valence-electron chi connectivity index (χ0n) is 9.59. The smallest absolute Gasteiger partial charge is 0.151 e. The maximum atomic E-state index is 5.66. The van der Waals surface area contributed by atoms with Gasteiger partial charge < -0.3 is 10.6 Å². The summed E-state index contributed by atoms with van der Waals surface area (Å²) in [5.41, 5.74) is 6.63. The van der Waals surface area contributed by atoms with Crippen LogP contribution >= 0.6 is 12.4 Å². The van der Waals surface area contributed by atoms with Crippen LogP contribution in [0, 0.1) is 12.8 Å². The number of hydrogen-bond donors (Lipinski definition) is 1.